The maximum Gasteiger partial charge on any atom is 0.244 e. The van der Waals surface area contributed by atoms with Gasteiger partial charge in [0.1, 0.15) is 4.90 Å². The van der Waals surface area contributed by atoms with Crippen LogP contribution < -0.4 is 10.5 Å². The normalized spacial score (nSPS) is 18.1. The van der Waals surface area contributed by atoms with E-state index in [9.17, 15) is 8.42 Å². The Morgan fingerprint density at radius 2 is 2.00 bits per heavy atom. The Labute approximate surface area is 123 Å². The first kappa shape index (κ1) is 14.9. The number of halogens is 2. The lowest BCUT2D eigenvalue weighted by Crippen LogP contribution is -2.40. The molecule has 0 bridgehead atoms. The van der Waals surface area contributed by atoms with E-state index in [1.165, 1.54) is 12.1 Å². The van der Waals surface area contributed by atoms with E-state index < -0.39 is 10.0 Å². The van der Waals surface area contributed by atoms with Crippen LogP contribution in [0.1, 0.15) is 26.2 Å². The van der Waals surface area contributed by atoms with Crippen LogP contribution in [0.3, 0.4) is 0 Å². The van der Waals surface area contributed by atoms with Gasteiger partial charge in [0, 0.05) is 11.1 Å². The molecule has 0 heterocycles. The number of nitrogen functional groups attached to an aromatic ring is 1. The van der Waals surface area contributed by atoms with E-state index in [1.807, 2.05) is 6.92 Å². The molecule has 4 nitrogen and oxygen atoms in total. The van der Waals surface area contributed by atoms with Gasteiger partial charge in [-0.15, -0.1) is 0 Å². The largest absolute Gasteiger partial charge is 0.398 e. The Morgan fingerprint density at radius 1 is 1.37 bits per heavy atom. The zero-order chi connectivity index (χ0) is 14.2. The minimum absolute atomic E-state index is 0.0401. The van der Waals surface area contributed by atoms with Crippen LogP contribution in [-0.2, 0) is 10.0 Å². The second-order valence-corrected chi connectivity index (χ2v) is 7.40. The van der Waals surface area contributed by atoms with E-state index in [0.29, 0.717) is 10.9 Å². The molecule has 3 N–H and O–H groups in total. The van der Waals surface area contributed by atoms with Crippen molar-refractivity contribution in [2.24, 2.45) is 5.92 Å². The third kappa shape index (κ3) is 3.16. The zero-order valence-electron chi connectivity index (χ0n) is 10.5. The Morgan fingerprint density at radius 3 is 2.47 bits per heavy atom. The molecular formula is C12H16Cl2N2O2S. The summed E-state index contributed by atoms with van der Waals surface area (Å²) in [5, 5.41) is 0.354. The van der Waals surface area contributed by atoms with Crippen LogP contribution in [-0.4, -0.2) is 14.5 Å². The minimum Gasteiger partial charge on any atom is -0.398 e. The molecule has 1 atom stereocenters. The number of anilines is 1. The summed E-state index contributed by atoms with van der Waals surface area (Å²) in [7, 11) is -3.72. The third-order valence-electron chi connectivity index (χ3n) is 3.50. The van der Waals surface area contributed by atoms with Crippen molar-refractivity contribution < 1.29 is 8.42 Å². The summed E-state index contributed by atoms with van der Waals surface area (Å²) in [6, 6.07) is 2.64. The molecule has 1 aliphatic rings. The first-order chi connectivity index (χ1) is 8.81. The van der Waals surface area contributed by atoms with Gasteiger partial charge in [-0.3, -0.25) is 0 Å². The molecule has 1 fully saturated rings. The van der Waals surface area contributed by atoms with E-state index in [1.54, 1.807) is 0 Å². The lowest BCUT2D eigenvalue weighted by atomic mass is 9.81. The highest BCUT2D eigenvalue weighted by atomic mass is 35.5. The van der Waals surface area contributed by atoms with Gasteiger partial charge in [0.05, 0.1) is 10.7 Å². The smallest absolute Gasteiger partial charge is 0.244 e. The van der Waals surface area contributed by atoms with E-state index in [2.05, 4.69) is 4.72 Å². The number of nitrogens with one attached hydrogen (secondary N) is 1. The molecule has 0 spiro atoms. The topological polar surface area (TPSA) is 72.2 Å². The Hall–Kier alpha value is -0.490. The monoisotopic (exact) mass is 322 g/mol. The van der Waals surface area contributed by atoms with Gasteiger partial charge >= 0.3 is 0 Å². The Kier molecular flexibility index (Phi) is 4.30. The minimum atomic E-state index is -3.72. The molecule has 0 radical (unpaired) electrons. The van der Waals surface area contributed by atoms with Gasteiger partial charge < -0.3 is 5.73 Å². The maximum atomic E-state index is 12.3. The fourth-order valence-electron chi connectivity index (χ4n) is 2.20. The number of benzene rings is 1. The summed E-state index contributed by atoms with van der Waals surface area (Å²) in [6.45, 7) is 1.86. The molecule has 1 aromatic rings. The Balaban J connectivity index is 2.29. The molecule has 0 amide bonds. The third-order valence-corrected chi connectivity index (χ3v) is 5.81. The van der Waals surface area contributed by atoms with Crippen molar-refractivity contribution in [1.82, 2.24) is 4.72 Å². The van der Waals surface area contributed by atoms with Crippen LogP contribution >= 0.6 is 23.2 Å². The first-order valence-electron chi connectivity index (χ1n) is 6.08. The van der Waals surface area contributed by atoms with Gasteiger partial charge in [-0.05, 0) is 37.8 Å². The second-order valence-electron chi connectivity index (χ2n) is 4.91. The second kappa shape index (κ2) is 5.48. The van der Waals surface area contributed by atoms with Crippen molar-refractivity contribution in [2.45, 2.75) is 37.1 Å². The van der Waals surface area contributed by atoms with Gasteiger partial charge in [0.15, 0.2) is 0 Å². The van der Waals surface area contributed by atoms with Crippen molar-refractivity contribution in [3.8, 4) is 0 Å². The number of hydrogen-bond acceptors (Lipinski definition) is 3. The number of nitrogens with two attached hydrogens (primary N) is 1. The van der Waals surface area contributed by atoms with E-state index in [-0.39, 0.29) is 21.6 Å². The molecule has 1 aliphatic carbocycles. The fraction of sp³-hybridized carbons (Fsp3) is 0.500. The van der Waals surface area contributed by atoms with E-state index >= 15 is 0 Å². The molecule has 1 unspecified atom stereocenters. The zero-order valence-corrected chi connectivity index (χ0v) is 12.8. The SMILES string of the molecule is CC(NS(=O)(=O)c1c(N)cc(Cl)cc1Cl)C1CCC1. The fourth-order valence-corrected chi connectivity index (χ4v) is 4.50. The summed E-state index contributed by atoms with van der Waals surface area (Å²) < 4.78 is 27.3. The molecule has 19 heavy (non-hydrogen) atoms. The molecule has 2 rings (SSSR count). The van der Waals surface area contributed by atoms with Crippen LogP contribution in [0, 0.1) is 5.92 Å². The molecule has 0 saturated heterocycles. The van der Waals surface area contributed by atoms with Crippen LogP contribution in [0.2, 0.25) is 10.0 Å². The average molecular weight is 323 g/mol. The number of sulfonamides is 1. The van der Waals surface area contributed by atoms with Crippen molar-refractivity contribution >= 4 is 38.9 Å². The number of rotatable bonds is 4. The van der Waals surface area contributed by atoms with Crippen molar-refractivity contribution in [2.75, 3.05) is 5.73 Å². The van der Waals surface area contributed by atoms with Crippen LogP contribution in [0.25, 0.3) is 0 Å². The molecular weight excluding hydrogens is 307 g/mol. The molecule has 1 aromatic carbocycles. The van der Waals surface area contributed by atoms with Gasteiger partial charge in [-0.1, -0.05) is 29.6 Å². The highest BCUT2D eigenvalue weighted by molar-refractivity contribution is 7.89. The molecule has 0 aromatic heterocycles. The number of hydrogen-bond donors (Lipinski definition) is 2. The summed E-state index contributed by atoms with van der Waals surface area (Å²) in [5.74, 6) is 0.391. The summed E-state index contributed by atoms with van der Waals surface area (Å²) in [6.07, 6.45) is 3.25. The average Bonchev–Trinajstić information content (AvgIpc) is 2.09. The van der Waals surface area contributed by atoms with Gasteiger partial charge in [0.25, 0.3) is 0 Å². The molecule has 7 heteroatoms. The highest BCUT2D eigenvalue weighted by Gasteiger charge is 2.30. The van der Waals surface area contributed by atoms with Crippen LogP contribution in [0.4, 0.5) is 5.69 Å². The molecule has 106 valence electrons. The standard InChI is InChI=1S/C12H16Cl2N2O2S/c1-7(8-3-2-4-8)16-19(17,18)12-10(14)5-9(13)6-11(12)15/h5-8,16H,2-4,15H2,1H3. The quantitative estimate of drug-likeness (QED) is 0.837. The predicted molar refractivity (Wildman–Crippen MR) is 78.0 cm³/mol. The van der Waals surface area contributed by atoms with E-state index in [4.69, 9.17) is 28.9 Å². The van der Waals surface area contributed by atoms with Gasteiger partial charge in [-0.25, -0.2) is 13.1 Å². The summed E-state index contributed by atoms with van der Waals surface area (Å²) >= 11 is 11.7. The van der Waals surface area contributed by atoms with Gasteiger partial charge in [-0.2, -0.15) is 0 Å². The van der Waals surface area contributed by atoms with Crippen molar-refractivity contribution in [3.05, 3.63) is 22.2 Å². The van der Waals surface area contributed by atoms with Crippen LogP contribution in [0.15, 0.2) is 17.0 Å². The molecule has 0 aliphatic heterocycles. The molecule has 1 saturated carbocycles. The highest BCUT2D eigenvalue weighted by Crippen LogP contribution is 2.33. The lowest BCUT2D eigenvalue weighted by Gasteiger charge is -2.31. The first-order valence-corrected chi connectivity index (χ1v) is 8.32. The van der Waals surface area contributed by atoms with Crippen molar-refractivity contribution in [3.63, 3.8) is 0 Å². The lowest BCUT2D eigenvalue weighted by molar-refractivity contribution is 0.260. The Bertz CT molecular complexity index is 562. The predicted octanol–water partition coefficient (Wildman–Crippen LogP) is 3.04. The maximum absolute atomic E-state index is 12.3. The van der Waals surface area contributed by atoms with Crippen LogP contribution in [0.5, 0.6) is 0 Å². The van der Waals surface area contributed by atoms with Gasteiger partial charge in [0.2, 0.25) is 10.0 Å². The summed E-state index contributed by atoms with van der Waals surface area (Å²) in [5.41, 5.74) is 5.78. The summed E-state index contributed by atoms with van der Waals surface area (Å²) in [4.78, 5) is -0.0928. The van der Waals surface area contributed by atoms with E-state index in [0.717, 1.165) is 19.3 Å². The van der Waals surface area contributed by atoms with Crippen molar-refractivity contribution in [1.29, 1.82) is 0 Å².